The van der Waals surface area contributed by atoms with Crippen LogP contribution in [0.15, 0.2) is 24.3 Å². The lowest BCUT2D eigenvalue weighted by Crippen LogP contribution is -2.30. The molecule has 1 aliphatic carbocycles. The van der Waals surface area contributed by atoms with Gasteiger partial charge in [-0.2, -0.15) is 0 Å². The molecule has 19 heavy (non-hydrogen) atoms. The summed E-state index contributed by atoms with van der Waals surface area (Å²) in [5.74, 6) is -0.0339. The van der Waals surface area contributed by atoms with Gasteiger partial charge >= 0.3 is 0 Å². The fraction of sp³-hybridized carbons (Fsp3) is 0.571. The third-order valence-electron chi connectivity index (χ3n) is 3.94. The zero-order chi connectivity index (χ0) is 14.0. The van der Waals surface area contributed by atoms with Crippen LogP contribution in [-0.2, 0) is 9.84 Å². The molecule has 3 atom stereocenters. The molecule has 0 radical (unpaired) electrons. The van der Waals surface area contributed by atoms with Gasteiger partial charge in [0.05, 0.1) is 11.4 Å². The summed E-state index contributed by atoms with van der Waals surface area (Å²) in [6.07, 6.45) is 3.50. The highest BCUT2D eigenvalue weighted by atomic mass is 35.5. The molecule has 106 valence electrons. The van der Waals surface area contributed by atoms with E-state index in [9.17, 15) is 13.5 Å². The maximum absolute atomic E-state index is 11.7. The van der Waals surface area contributed by atoms with Crippen LogP contribution in [-0.4, -0.2) is 25.0 Å². The molecule has 2 rings (SSSR count). The highest BCUT2D eigenvalue weighted by molar-refractivity contribution is 7.91. The van der Waals surface area contributed by atoms with Crippen molar-refractivity contribution in [2.45, 2.75) is 37.0 Å². The Morgan fingerprint density at radius 2 is 2.00 bits per heavy atom. The summed E-state index contributed by atoms with van der Waals surface area (Å²) < 4.78 is 23.3. The van der Waals surface area contributed by atoms with Gasteiger partial charge in [-0.3, -0.25) is 0 Å². The number of aliphatic hydroxyl groups excluding tert-OH is 1. The summed E-state index contributed by atoms with van der Waals surface area (Å²) in [6, 6.07) is 7.20. The standard InChI is InChI=1S/C14H19ClO3S/c1-19(17,18)11-6-4-5-10(9-11)14(16)12-7-2-3-8-13(12)15/h2-3,7-8,10-11,14,16H,4-6,9H2,1H3. The second kappa shape index (κ2) is 5.81. The van der Waals surface area contributed by atoms with Gasteiger partial charge < -0.3 is 5.11 Å². The van der Waals surface area contributed by atoms with Crippen molar-refractivity contribution in [1.82, 2.24) is 0 Å². The first-order valence-electron chi connectivity index (χ1n) is 6.51. The van der Waals surface area contributed by atoms with Crippen molar-refractivity contribution in [3.8, 4) is 0 Å². The van der Waals surface area contributed by atoms with Crippen LogP contribution in [0.25, 0.3) is 0 Å². The fourth-order valence-electron chi connectivity index (χ4n) is 2.83. The predicted octanol–water partition coefficient (Wildman–Crippen LogP) is 2.98. The third-order valence-corrected chi connectivity index (χ3v) is 5.93. The third kappa shape index (κ3) is 3.50. The van der Waals surface area contributed by atoms with Crippen molar-refractivity contribution in [3.05, 3.63) is 34.9 Å². The summed E-state index contributed by atoms with van der Waals surface area (Å²) >= 11 is 6.09. The first kappa shape index (κ1) is 14.8. The molecule has 0 spiro atoms. The normalized spacial score (nSPS) is 26.1. The quantitative estimate of drug-likeness (QED) is 0.934. The molecule has 0 amide bonds. The van der Waals surface area contributed by atoms with Gasteiger partial charge in [0, 0.05) is 11.3 Å². The van der Waals surface area contributed by atoms with Crippen LogP contribution in [0.2, 0.25) is 5.02 Å². The molecule has 0 aromatic heterocycles. The largest absolute Gasteiger partial charge is 0.388 e. The van der Waals surface area contributed by atoms with Crippen molar-refractivity contribution in [3.63, 3.8) is 0 Å². The Labute approximate surface area is 119 Å². The maximum Gasteiger partial charge on any atom is 0.150 e. The van der Waals surface area contributed by atoms with Crippen LogP contribution in [0.5, 0.6) is 0 Å². The van der Waals surface area contributed by atoms with E-state index in [-0.39, 0.29) is 11.2 Å². The Morgan fingerprint density at radius 3 is 2.63 bits per heavy atom. The zero-order valence-corrected chi connectivity index (χ0v) is 12.5. The second-order valence-electron chi connectivity index (χ2n) is 5.34. The van der Waals surface area contributed by atoms with Crippen LogP contribution in [0.4, 0.5) is 0 Å². The number of hydrogen-bond acceptors (Lipinski definition) is 3. The van der Waals surface area contributed by atoms with Gasteiger partial charge in [-0.05, 0) is 36.8 Å². The van der Waals surface area contributed by atoms with E-state index in [1.807, 2.05) is 12.1 Å². The summed E-state index contributed by atoms with van der Waals surface area (Å²) in [4.78, 5) is 0. The molecule has 1 saturated carbocycles. The van der Waals surface area contributed by atoms with Crippen molar-refractivity contribution >= 4 is 21.4 Å². The Bertz CT molecular complexity index is 541. The molecule has 0 saturated heterocycles. The first-order valence-corrected chi connectivity index (χ1v) is 8.84. The van der Waals surface area contributed by atoms with E-state index < -0.39 is 15.9 Å². The van der Waals surface area contributed by atoms with E-state index >= 15 is 0 Å². The number of aliphatic hydroxyl groups is 1. The Morgan fingerprint density at radius 1 is 1.32 bits per heavy atom. The average Bonchev–Trinajstić information content (AvgIpc) is 2.38. The minimum atomic E-state index is -3.03. The van der Waals surface area contributed by atoms with Crippen molar-refractivity contribution in [1.29, 1.82) is 0 Å². The van der Waals surface area contributed by atoms with Gasteiger partial charge in [0.1, 0.15) is 9.84 Å². The summed E-state index contributed by atoms with van der Waals surface area (Å²) in [5, 5.41) is 10.6. The topological polar surface area (TPSA) is 54.4 Å². The van der Waals surface area contributed by atoms with Crippen LogP contribution in [0.3, 0.4) is 0 Å². The second-order valence-corrected chi connectivity index (χ2v) is 8.08. The Kier molecular flexibility index (Phi) is 4.54. The molecule has 3 unspecified atom stereocenters. The highest BCUT2D eigenvalue weighted by Crippen LogP contribution is 2.38. The molecule has 1 aliphatic rings. The van der Waals surface area contributed by atoms with Gasteiger partial charge in [-0.15, -0.1) is 0 Å². The van der Waals surface area contributed by atoms with Gasteiger partial charge in [-0.1, -0.05) is 36.2 Å². The summed E-state index contributed by atoms with van der Waals surface area (Å²) in [7, 11) is -3.03. The molecule has 1 N–H and O–H groups in total. The van der Waals surface area contributed by atoms with Crippen molar-refractivity contribution < 1.29 is 13.5 Å². The molecule has 0 bridgehead atoms. The SMILES string of the molecule is CS(=O)(=O)C1CCCC(C(O)c2ccccc2Cl)C1. The van der Waals surface area contributed by atoms with E-state index in [1.54, 1.807) is 12.1 Å². The summed E-state index contributed by atoms with van der Waals surface area (Å²) in [6.45, 7) is 0. The molecule has 0 aliphatic heterocycles. The monoisotopic (exact) mass is 302 g/mol. The molecule has 0 heterocycles. The van der Waals surface area contributed by atoms with Gasteiger partial charge in [0.2, 0.25) is 0 Å². The lowest BCUT2D eigenvalue weighted by molar-refractivity contribution is 0.0858. The number of sulfone groups is 1. The van der Waals surface area contributed by atoms with E-state index in [2.05, 4.69) is 0 Å². The first-order chi connectivity index (χ1) is 8.89. The van der Waals surface area contributed by atoms with Crippen LogP contribution in [0.1, 0.15) is 37.4 Å². The minimum Gasteiger partial charge on any atom is -0.388 e. The maximum atomic E-state index is 11.7. The molecule has 1 fully saturated rings. The van der Waals surface area contributed by atoms with Crippen molar-refractivity contribution in [2.24, 2.45) is 5.92 Å². The van der Waals surface area contributed by atoms with Crippen molar-refractivity contribution in [2.75, 3.05) is 6.26 Å². The summed E-state index contributed by atoms with van der Waals surface area (Å²) in [5.41, 5.74) is 0.698. The molecule has 3 nitrogen and oxygen atoms in total. The lowest BCUT2D eigenvalue weighted by atomic mass is 9.82. The van der Waals surface area contributed by atoms with Gasteiger partial charge in [0.25, 0.3) is 0 Å². The lowest BCUT2D eigenvalue weighted by Gasteiger charge is -2.31. The molecular formula is C14H19ClO3S. The average molecular weight is 303 g/mol. The Hall–Kier alpha value is -0.580. The number of rotatable bonds is 3. The van der Waals surface area contributed by atoms with E-state index in [0.717, 1.165) is 12.8 Å². The fourth-order valence-corrected chi connectivity index (χ4v) is 4.26. The molecule has 1 aromatic carbocycles. The van der Waals surface area contributed by atoms with E-state index in [0.29, 0.717) is 23.4 Å². The minimum absolute atomic E-state index is 0.0339. The molecule has 1 aromatic rings. The van der Waals surface area contributed by atoms with E-state index in [1.165, 1.54) is 6.26 Å². The number of benzene rings is 1. The number of halogens is 1. The van der Waals surface area contributed by atoms with Crippen LogP contribution < -0.4 is 0 Å². The molecular weight excluding hydrogens is 284 g/mol. The number of hydrogen-bond donors (Lipinski definition) is 1. The Balaban J connectivity index is 2.16. The van der Waals surface area contributed by atoms with Gasteiger partial charge in [0.15, 0.2) is 0 Å². The van der Waals surface area contributed by atoms with Crippen LogP contribution in [0, 0.1) is 5.92 Å². The highest BCUT2D eigenvalue weighted by Gasteiger charge is 2.33. The van der Waals surface area contributed by atoms with E-state index in [4.69, 9.17) is 11.6 Å². The van der Waals surface area contributed by atoms with Crippen LogP contribution >= 0.6 is 11.6 Å². The predicted molar refractivity (Wildman–Crippen MR) is 77.0 cm³/mol. The smallest absolute Gasteiger partial charge is 0.150 e. The molecule has 5 heteroatoms. The zero-order valence-electron chi connectivity index (χ0n) is 10.9. The van der Waals surface area contributed by atoms with Gasteiger partial charge in [-0.25, -0.2) is 8.42 Å².